The number of aryl methyl sites for hydroxylation is 1. The third-order valence-electron chi connectivity index (χ3n) is 6.01. The molecule has 0 aliphatic carbocycles. The minimum Gasteiger partial charge on any atom is -0.323 e. The summed E-state index contributed by atoms with van der Waals surface area (Å²) < 4.78 is 0. The van der Waals surface area contributed by atoms with Crippen molar-refractivity contribution in [3.63, 3.8) is 0 Å². The summed E-state index contributed by atoms with van der Waals surface area (Å²) in [5.74, 6) is 0.0723. The Kier molecular flexibility index (Phi) is 5.13. The highest BCUT2D eigenvalue weighted by atomic mass is 16.2. The monoisotopic (exact) mass is 343 g/mol. The van der Waals surface area contributed by atoms with E-state index in [1.807, 2.05) is 13.0 Å². The molecule has 3 unspecified atom stereocenters. The molecule has 0 spiro atoms. The van der Waals surface area contributed by atoms with E-state index >= 15 is 0 Å². The van der Waals surface area contributed by atoms with Crippen molar-refractivity contribution in [1.29, 1.82) is 0 Å². The first-order valence-electron chi connectivity index (χ1n) is 9.30. The Bertz CT molecular complexity index is 633. The van der Waals surface area contributed by atoms with Crippen LogP contribution in [0.1, 0.15) is 38.7 Å². The summed E-state index contributed by atoms with van der Waals surface area (Å²) in [6.45, 7) is 6.10. The zero-order chi connectivity index (χ0) is 18.0. The van der Waals surface area contributed by atoms with Gasteiger partial charge in [-0.15, -0.1) is 0 Å². The van der Waals surface area contributed by atoms with Gasteiger partial charge in [0, 0.05) is 25.6 Å². The molecule has 3 rings (SSSR count). The Morgan fingerprint density at radius 1 is 1.28 bits per heavy atom. The lowest BCUT2D eigenvalue weighted by molar-refractivity contribution is -0.132. The molecule has 5 heteroatoms. The molecule has 25 heavy (non-hydrogen) atoms. The number of hydrogen-bond acceptors (Lipinski definition) is 3. The number of nitrogens with one attached hydrogen (secondary N) is 1. The Morgan fingerprint density at radius 2 is 2.00 bits per heavy atom. The van der Waals surface area contributed by atoms with Crippen LogP contribution in [0.5, 0.6) is 0 Å². The zero-order valence-electron chi connectivity index (χ0n) is 15.5. The molecule has 3 amide bonds. The molecule has 2 fully saturated rings. The average molecular weight is 343 g/mol. The minimum atomic E-state index is -0.760. The van der Waals surface area contributed by atoms with Crippen LogP contribution in [0.4, 0.5) is 4.79 Å². The van der Waals surface area contributed by atoms with Gasteiger partial charge in [0.15, 0.2) is 0 Å². The van der Waals surface area contributed by atoms with Crippen LogP contribution in [0.25, 0.3) is 0 Å². The van der Waals surface area contributed by atoms with Gasteiger partial charge >= 0.3 is 6.03 Å². The van der Waals surface area contributed by atoms with Gasteiger partial charge in [0.1, 0.15) is 5.54 Å². The van der Waals surface area contributed by atoms with Crippen LogP contribution in [0.2, 0.25) is 0 Å². The molecular weight excluding hydrogens is 314 g/mol. The second-order valence-electron chi connectivity index (χ2n) is 7.70. The highest BCUT2D eigenvalue weighted by Gasteiger charge is 2.51. The fraction of sp³-hybridized carbons (Fsp3) is 0.600. The van der Waals surface area contributed by atoms with Gasteiger partial charge in [-0.1, -0.05) is 30.3 Å². The molecule has 2 saturated heterocycles. The van der Waals surface area contributed by atoms with Crippen molar-refractivity contribution >= 4 is 11.9 Å². The number of likely N-dealkylation sites (tertiary alicyclic amines) is 1. The average Bonchev–Trinajstić information content (AvgIpc) is 2.84. The zero-order valence-corrected chi connectivity index (χ0v) is 15.5. The van der Waals surface area contributed by atoms with Crippen molar-refractivity contribution in [1.82, 2.24) is 15.1 Å². The number of rotatable bonds is 5. The predicted octanol–water partition coefficient (Wildman–Crippen LogP) is 2.66. The van der Waals surface area contributed by atoms with Gasteiger partial charge in [-0.3, -0.25) is 9.69 Å². The number of piperidine rings is 1. The van der Waals surface area contributed by atoms with E-state index in [2.05, 4.69) is 41.4 Å². The quantitative estimate of drug-likeness (QED) is 0.836. The second-order valence-corrected chi connectivity index (χ2v) is 7.70. The van der Waals surface area contributed by atoms with E-state index in [0.717, 1.165) is 38.8 Å². The van der Waals surface area contributed by atoms with Gasteiger partial charge < -0.3 is 10.2 Å². The van der Waals surface area contributed by atoms with Crippen LogP contribution in [-0.2, 0) is 11.2 Å². The summed E-state index contributed by atoms with van der Waals surface area (Å²) in [5.41, 5.74) is 0.610. The van der Waals surface area contributed by atoms with Crippen molar-refractivity contribution in [3.8, 4) is 0 Å². The predicted molar refractivity (Wildman–Crippen MR) is 98.2 cm³/mol. The SMILES string of the molecule is CC(CCc1ccccc1)N1CCCC(C2(C)NC(=O)N(C)C2=O)C1. The van der Waals surface area contributed by atoms with Gasteiger partial charge in [0.2, 0.25) is 0 Å². The van der Waals surface area contributed by atoms with E-state index in [9.17, 15) is 9.59 Å². The maximum Gasteiger partial charge on any atom is 0.324 e. The summed E-state index contributed by atoms with van der Waals surface area (Å²) >= 11 is 0. The van der Waals surface area contributed by atoms with E-state index in [1.165, 1.54) is 10.5 Å². The first kappa shape index (κ1) is 17.9. The second kappa shape index (κ2) is 7.16. The standard InChI is InChI=1S/C20H29N3O2/c1-15(11-12-16-8-5-4-6-9-16)23-13-7-10-17(14-23)20(2)18(24)22(3)19(25)21-20/h4-6,8-9,15,17H,7,10-14H2,1-3H3,(H,21,25). The first-order valence-corrected chi connectivity index (χ1v) is 9.30. The number of likely N-dealkylation sites (N-methyl/N-ethyl adjacent to an activating group) is 1. The van der Waals surface area contributed by atoms with E-state index in [-0.39, 0.29) is 17.9 Å². The fourth-order valence-corrected chi connectivity index (χ4v) is 4.16. The lowest BCUT2D eigenvalue weighted by Gasteiger charge is -2.42. The largest absolute Gasteiger partial charge is 0.324 e. The molecule has 2 heterocycles. The van der Waals surface area contributed by atoms with E-state index in [1.54, 1.807) is 7.05 Å². The molecule has 5 nitrogen and oxygen atoms in total. The van der Waals surface area contributed by atoms with Crippen molar-refractivity contribution in [2.45, 2.75) is 51.1 Å². The molecule has 0 bridgehead atoms. The molecule has 1 N–H and O–H groups in total. The minimum absolute atomic E-state index is 0.0960. The summed E-state index contributed by atoms with van der Waals surface area (Å²) in [6.07, 6.45) is 4.23. The van der Waals surface area contributed by atoms with E-state index in [4.69, 9.17) is 0 Å². The highest BCUT2D eigenvalue weighted by Crippen LogP contribution is 2.33. The number of benzene rings is 1. The number of nitrogens with zero attached hydrogens (tertiary/aromatic N) is 2. The Hall–Kier alpha value is -1.88. The van der Waals surface area contributed by atoms with Gasteiger partial charge in [0.05, 0.1) is 0 Å². The van der Waals surface area contributed by atoms with Crippen molar-refractivity contribution in [2.24, 2.45) is 5.92 Å². The molecule has 1 aromatic carbocycles. The van der Waals surface area contributed by atoms with Crippen molar-refractivity contribution < 1.29 is 9.59 Å². The van der Waals surface area contributed by atoms with Crippen molar-refractivity contribution in [2.75, 3.05) is 20.1 Å². The summed E-state index contributed by atoms with van der Waals surface area (Å²) in [5, 5.41) is 2.93. The number of amides is 3. The van der Waals surface area contributed by atoms with Crippen LogP contribution in [0.15, 0.2) is 30.3 Å². The highest BCUT2D eigenvalue weighted by molar-refractivity contribution is 6.06. The third-order valence-corrected chi connectivity index (χ3v) is 6.01. The molecule has 1 aromatic rings. The Morgan fingerprint density at radius 3 is 2.64 bits per heavy atom. The Labute approximate surface area is 150 Å². The number of imide groups is 1. The molecule has 136 valence electrons. The van der Waals surface area contributed by atoms with Crippen LogP contribution < -0.4 is 5.32 Å². The van der Waals surface area contributed by atoms with E-state index < -0.39 is 5.54 Å². The maximum absolute atomic E-state index is 12.5. The fourth-order valence-electron chi connectivity index (χ4n) is 4.16. The van der Waals surface area contributed by atoms with Crippen LogP contribution in [0, 0.1) is 5.92 Å². The normalized spacial score (nSPS) is 28.9. The van der Waals surface area contributed by atoms with Gasteiger partial charge in [0.25, 0.3) is 5.91 Å². The third kappa shape index (κ3) is 3.56. The molecule has 2 aliphatic heterocycles. The summed E-state index contributed by atoms with van der Waals surface area (Å²) in [6, 6.07) is 10.8. The lowest BCUT2D eigenvalue weighted by Crippen LogP contribution is -2.56. The van der Waals surface area contributed by atoms with Gasteiger partial charge in [-0.2, -0.15) is 0 Å². The molecule has 0 saturated carbocycles. The molecule has 0 radical (unpaired) electrons. The molecule has 3 atom stereocenters. The summed E-state index contributed by atoms with van der Waals surface area (Å²) in [7, 11) is 1.56. The van der Waals surface area contributed by atoms with Crippen LogP contribution in [0.3, 0.4) is 0 Å². The number of urea groups is 1. The first-order chi connectivity index (χ1) is 11.9. The van der Waals surface area contributed by atoms with Gasteiger partial charge in [-0.25, -0.2) is 4.79 Å². The smallest absolute Gasteiger partial charge is 0.323 e. The van der Waals surface area contributed by atoms with E-state index in [0.29, 0.717) is 6.04 Å². The van der Waals surface area contributed by atoms with Crippen molar-refractivity contribution in [3.05, 3.63) is 35.9 Å². The molecule has 2 aliphatic rings. The number of hydrogen-bond donors (Lipinski definition) is 1. The summed E-state index contributed by atoms with van der Waals surface area (Å²) in [4.78, 5) is 28.2. The van der Waals surface area contributed by atoms with Gasteiger partial charge in [-0.05, 0) is 51.6 Å². The molecule has 0 aromatic heterocycles. The van der Waals surface area contributed by atoms with Crippen LogP contribution in [-0.4, -0.2) is 53.5 Å². The maximum atomic E-state index is 12.5. The lowest BCUT2D eigenvalue weighted by atomic mass is 9.79. The number of carbonyl (C=O) groups excluding carboxylic acids is 2. The molecular formula is C20H29N3O2. The Balaban J connectivity index is 1.61. The van der Waals surface area contributed by atoms with Crippen LogP contribution >= 0.6 is 0 Å². The number of carbonyl (C=O) groups is 2. The topological polar surface area (TPSA) is 52.7 Å².